The number of rotatable bonds is 5. The predicted molar refractivity (Wildman–Crippen MR) is 93.4 cm³/mol. The van der Waals surface area contributed by atoms with Crippen LogP contribution in [0.4, 0.5) is 17.3 Å². The number of nitrogens with zero attached hydrogens (tertiary/aromatic N) is 2. The van der Waals surface area contributed by atoms with E-state index in [2.05, 4.69) is 20.6 Å². The second-order valence-corrected chi connectivity index (χ2v) is 9.18. The molecule has 122 valence electrons. The molecule has 2 heterocycles. The molecule has 1 aromatic carbocycles. The van der Waals surface area contributed by atoms with E-state index in [0.29, 0.717) is 5.82 Å². The molecule has 0 spiro atoms. The maximum absolute atomic E-state index is 12.0. The van der Waals surface area contributed by atoms with Gasteiger partial charge in [-0.3, -0.25) is 0 Å². The summed E-state index contributed by atoms with van der Waals surface area (Å²) in [6.45, 7) is 4.32. The summed E-state index contributed by atoms with van der Waals surface area (Å²) in [7, 11) is -2.22. The number of benzene rings is 1. The topological polar surface area (TPSA) is 76.1 Å². The summed E-state index contributed by atoms with van der Waals surface area (Å²) in [4.78, 5) is 8.43. The number of hydrogen-bond acceptors (Lipinski definition) is 6. The maximum Gasteiger partial charge on any atom is 0.135 e. The van der Waals surface area contributed by atoms with Gasteiger partial charge in [0.15, 0.2) is 0 Å². The van der Waals surface area contributed by atoms with E-state index in [1.807, 2.05) is 30.3 Å². The Hall–Kier alpha value is -1.91. The van der Waals surface area contributed by atoms with E-state index in [9.17, 15) is 4.57 Å². The van der Waals surface area contributed by atoms with E-state index < -0.39 is 7.14 Å². The Balaban J connectivity index is 1.68. The van der Waals surface area contributed by atoms with E-state index in [1.165, 1.54) is 6.33 Å². The van der Waals surface area contributed by atoms with Crippen molar-refractivity contribution < 1.29 is 9.30 Å². The van der Waals surface area contributed by atoms with Gasteiger partial charge in [-0.2, -0.15) is 0 Å². The van der Waals surface area contributed by atoms with Gasteiger partial charge in [0.25, 0.3) is 0 Å². The number of nitrogens with one attached hydrogen (secondary N) is 2. The molecule has 3 rings (SSSR count). The Morgan fingerprint density at radius 3 is 2.57 bits per heavy atom. The van der Waals surface area contributed by atoms with Crippen LogP contribution in [0.25, 0.3) is 0 Å². The normalized spacial score (nSPS) is 17.9. The van der Waals surface area contributed by atoms with Gasteiger partial charge in [-0.25, -0.2) is 9.97 Å². The zero-order valence-electron chi connectivity index (χ0n) is 13.3. The van der Waals surface area contributed by atoms with Crippen molar-refractivity contribution in [2.75, 3.05) is 30.6 Å². The Kier molecular flexibility index (Phi) is 4.64. The van der Waals surface area contributed by atoms with Crippen molar-refractivity contribution >= 4 is 29.8 Å². The molecule has 0 bridgehead atoms. The van der Waals surface area contributed by atoms with Crippen LogP contribution in [0.5, 0.6) is 0 Å². The van der Waals surface area contributed by atoms with E-state index in [1.54, 1.807) is 13.3 Å². The van der Waals surface area contributed by atoms with Gasteiger partial charge in [0.2, 0.25) is 0 Å². The molecule has 0 amide bonds. The predicted octanol–water partition coefficient (Wildman–Crippen LogP) is 3.02. The van der Waals surface area contributed by atoms with E-state index >= 15 is 0 Å². The van der Waals surface area contributed by atoms with Crippen molar-refractivity contribution in [3.63, 3.8) is 0 Å². The van der Waals surface area contributed by atoms with Crippen LogP contribution in [0.1, 0.15) is 12.8 Å². The van der Waals surface area contributed by atoms with Crippen LogP contribution < -0.4 is 15.9 Å². The van der Waals surface area contributed by atoms with Crippen LogP contribution in [0.2, 0.25) is 0 Å². The Labute approximate surface area is 136 Å². The number of hydrogen-bond donors (Lipinski definition) is 2. The fourth-order valence-electron chi connectivity index (χ4n) is 2.41. The highest BCUT2D eigenvalue weighted by molar-refractivity contribution is 7.70. The van der Waals surface area contributed by atoms with Gasteiger partial charge in [-0.1, -0.05) is 0 Å². The van der Waals surface area contributed by atoms with Gasteiger partial charge < -0.3 is 19.9 Å². The highest BCUT2D eigenvalue weighted by Gasteiger charge is 2.15. The smallest absolute Gasteiger partial charge is 0.135 e. The van der Waals surface area contributed by atoms with E-state index in [0.717, 1.165) is 36.3 Å². The minimum Gasteiger partial charge on any atom is -0.359 e. The molecule has 7 heteroatoms. The standard InChI is InChI=1S/C16H21N4O2P/c1-23(2,21)13-7-5-12(6-8-13)19-14-10-15(18-11-17-14)20-16-4-3-9-22-16/h5-8,10-11,16H,3-4,9H2,1-2H3,(H2,17,18,19,20)/t16-/m0/s1. The number of ether oxygens (including phenoxy) is 1. The molecule has 23 heavy (non-hydrogen) atoms. The summed E-state index contributed by atoms with van der Waals surface area (Å²) in [6, 6.07) is 9.43. The summed E-state index contributed by atoms with van der Waals surface area (Å²) in [6.07, 6.45) is 3.60. The van der Waals surface area contributed by atoms with Gasteiger partial charge in [0, 0.05) is 23.7 Å². The molecular weight excluding hydrogens is 311 g/mol. The summed E-state index contributed by atoms with van der Waals surface area (Å²) in [5, 5.41) is 7.34. The number of aromatic nitrogens is 2. The lowest BCUT2D eigenvalue weighted by Crippen LogP contribution is -2.18. The molecule has 2 aromatic rings. The van der Waals surface area contributed by atoms with Gasteiger partial charge in [-0.05, 0) is 50.4 Å². The molecule has 0 unspecified atom stereocenters. The molecule has 6 nitrogen and oxygen atoms in total. The first-order chi connectivity index (χ1) is 11.0. The molecule has 1 aromatic heterocycles. The molecule has 1 fully saturated rings. The molecule has 1 aliphatic heterocycles. The summed E-state index contributed by atoms with van der Waals surface area (Å²) < 4.78 is 17.6. The fraction of sp³-hybridized carbons (Fsp3) is 0.375. The molecule has 1 aliphatic rings. The molecule has 0 radical (unpaired) electrons. The zero-order chi connectivity index (χ0) is 16.3. The Morgan fingerprint density at radius 1 is 1.17 bits per heavy atom. The third-order valence-corrected chi connectivity index (χ3v) is 5.21. The monoisotopic (exact) mass is 332 g/mol. The van der Waals surface area contributed by atoms with E-state index in [-0.39, 0.29) is 6.23 Å². The second-order valence-electron chi connectivity index (χ2n) is 5.96. The molecule has 2 N–H and O–H groups in total. The van der Waals surface area contributed by atoms with Crippen molar-refractivity contribution in [3.8, 4) is 0 Å². The summed E-state index contributed by atoms with van der Waals surface area (Å²) in [5.41, 5.74) is 0.893. The second kappa shape index (κ2) is 6.69. The first kappa shape index (κ1) is 16.0. The highest BCUT2D eigenvalue weighted by Crippen LogP contribution is 2.34. The van der Waals surface area contributed by atoms with Crippen molar-refractivity contribution in [1.29, 1.82) is 0 Å². The maximum atomic E-state index is 12.0. The van der Waals surface area contributed by atoms with Crippen molar-refractivity contribution in [3.05, 3.63) is 36.7 Å². The van der Waals surface area contributed by atoms with Crippen LogP contribution >= 0.6 is 7.14 Å². The van der Waals surface area contributed by atoms with Gasteiger partial charge >= 0.3 is 0 Å². The SMILES string of the molecule is CP(C)(=O)c1ccc(Nc2cc(N[C@@H]3CCCO3)ncn2)cc1. The largest absolute Gasteiger partial charge is 0.359 e. The lowest BCUT2D eigenvalue weighted by molar-refractivity contribution is 0.131. The minimum absolute atomic E-state index is 0.0280. The van der Waals surface area contributed by atoms with Gasteiger partial charge in [-0.15, -0.1) is 0 Å². The third-order valence-electron chi connectivity index (χ3n) is 3.67. The van der Waals surface area contributed by atoms with Crippen molar-refractivity contribution in [2.45, 2.75) is 19.1 Å². The van der Waals surface area contributed by atoms with Crippen LogP contribution in [0.15, 0.2) is 36.7 Å². The number of anilines is 3. The average molecular weight is 332 g/mol. The van der Waals surface area contributed by atoms with Crippen LogP contribution in [0.3, 0.4) is 0 Å². The summed E-state index contributed by atoms with van der Waals surface area (Å²) in [5.74, 6) is 1.43. The van der Waals surface area contributed by atoms with Crippen molar-refractivity contribution in [2.24, 2.45) is 0 Å². The molecule has 0 aliphatic carbocycles. The van der Waals surface area contributed by atoms with Crippen LogP contribution in [-0.4, -0.2) is 36.1 Å². The first-order valence-electron chi connectivity index (χ1n) is 7.63. The molecule has 1 atom stereocenters. The minimum atomic E-state index is -2.22. The van der Waals surface area contributed by atoms with Crippen LogP contribution in [-0.2, 0) is 9.30 Å². The first-order valence-corrected chi connectivity index (χ1v) is 10.2. The zero-order valence-corrected chi connectivity index (χ0v) is 14.2. The van der Waals surface area contributed by atoms with E-state index in [4.69, 9.17) is 4.74 Å². The molecule has 1 saturated heterocycles. The quantitative estimate of drug-likeness (QED) is 0.820. The Morgan fingerprint density at radius 2 is 1.91 bits per heavy atom. The van der Waals surface area contributed by atoms with Crippen LogP contribution in [0, 0.1) is 0 Å². The molecular formula is C16H21N4O2P. The van der Waals surface area contributed by atoms with Gasteiger partial charge in [0.05, 0.1) is 0 Å². The fourth-order valence-corrected chi connectivity index (χ4v) is 3.28. The summed E-state index contributed by atoms with van der Waals surface area (Å²) >= 11 is 0. The lowest BCUT2D eigenvalue weighted by Gasteiger charge is -2.13. The lowest BCUT2D eigenvalue weighted by atomic mass is 10.3. The Bertz CT molecular complexity index is 708. The average Bonchev–Trinajstić information content (AvgIpc) is 3.00. The molecule has 0 saturated carbocycles. The third kappa shape index (κ3) is 4.30. The highest BCUT2D eigenvalue weighted by atomic mass is 31.2. The van der Waals surface area contributed by atoms with Gasteiger partial charge in [0.1, 0.15) is 31.3 Å². The van der Waals surface area contributed by atoms with Crippen molar-refractivity contribution in [1.82, 2.24) is 9.97 Å².